The van der Waals surface area contributed by atoms with Crippen LogP contribution in [0.3, 0.4) is 0 Å². The standard InChI is InChI=1S/C21H23ClFN/c1-20-13-6-3-7-14-21(20,2)24(17-11-5-4-9-15(17)20)18-12-8-10-16(23)19(18)22/h4-5,8-12H,3,6-7,13-14H2,1-2H3. The third-order valence-electron chi connectivity index (χ3n) is 6.43. The van der Waals surface area contributed by atoms with Crippen molar-refractivity contribution in [3.05, 3.63) is 58.9 Å². The van der Waals surface area contributed by atoms with Crippen LogP contribution in [0.15, 0.2) is 42.5 Å². The van der Waals surface area contributed by atoms with Gasteiger partial charge in [-0.25, -0.2) is 4.39 Å². The van der Waals surface area contributed by atoms with Gasteiger partial charge < -0.3 is 4.90 Å². The minimum Gasteiger partial charge on any atom is -0.333 e. The Morgan fingerprint density at radius 1 is 0.917 bits per heavy atom. The number of hydrogen-bond acceptors (Lipinski definition) is 1. The molecule has 2 unspecified atom stereocenters. The molecule has 1 aliphatic heterocycles. The molecule has 0 spiro atoms. The van der Waals surface area contributed by atoms with Crippen molar-refractivity contribution in [2.75, 3.05) is 4.90 Å². The van der Waals surface area contributed by atoms with E-state index < -0.39 is 0 Å². The van der Waals surface area contributed by atoms with E-state index in [1.807, 2.05) is 6.07 Å². The SMILES string of the molecule is CC12CCCCCC1(C)N(c1cccc(F)c1Cl)c1ccccc12. The second-order valence-electron chi connectivity index (χ2n) is 7.59. The van der Waals surface area contributed by atoms with Crippen LogP contribution in [0.4, 0.5) is 15.8 Å². The second kappa shape index (κ2) is 5.49. The molecule has 1 fully saturated rings. The van der Waals surface area contributed by atoms with Crippen LogP contribution in [-0.4, -0.2) is 5.54 Å². The molecule has 0 bridgehead atoms. The van der Waals surface area contributed by atoms with Gasteiger partial charge in [-0.3, -0.25) is 0 Å². The highest BCUT2D eigenvalue weighted by Gasteiger charge is 2.56. The zero-order valence-electron chi connectivity index (χ0n) is 14.3. The van der Waals surface area contributed by atoms with Crippen molar-refractivity contribution in [3.8, 4) is 0 Å². The van der Waals surface area contributed by atoms with Gasteiger partial charge in [-0.1, -0.05) is 62.1 Å². The largest absolute Gasteiger partial charge is 0.333 e. The Labute approximate surface area is 148 Å². The number of rotatable bonds is 1. The quantitative estimate of drug-likeness (QED) is 0.563. The zero-order chi connectivity index (χ0) is 16.9. The molecule has 0 aromatic heterocycles. The first-order valence-electron chi connectivity index (χ1n) is 8.83. The maximum Gasteiger partial charge on any atom is 0.143 e. The summed E-state index contributed by atoms with van der Waals surface area (Å²) in [5, 5.41) is 0.224. The van der Waals surface area contributed by atoms with Crippen molar-refractivity contribution >= 4 is 23.0 Å². The highest BCUT2D eigenvalue weighted by atomic mass is 35.5. The van der Waals surface area contributed by atoms with Crippen molar-refractivity contribution in [1.29, 1.82) is 0 Å². The maximum atomic E-state index is 14.2. The van der Waals surface area contributed by atoms with E-state index in [0.717, 1.165) is 18.5 Å². The summed E-state index contributed by atoms with van der Waals surface area (Å²) in [5.74, 6) is -0.350. The van der Waals surface area contributed by atoms with Crippen LogP contribution < -0.4 is 4.90 Å². The molecule has 1 saturated carbocycles. The number of hydrogen-bond donors (Lipinski definition) is 0. The topological polar surface area (TPSA) is 3.24 Å². The van der Waals surface area contributed by atoms with Gasteiger partial charge in [-0.05, 0) is 43.5 Å². The molecule has 24 heavy (non-hydrogen) atoms. The fourth-order valence-electron chi connectivity index (χ4n) is 4.91. The number of anilines is 2. The second-order valence-corrected chi connectivity index (χ2v) is 7.97. The van der Waals surface area contributed by atoms with Crippen LogP contribution in [0.1, 0.15) is 51.5 Å². The Hall–Kier alpha value is -1.54. The highest BCUT2D eigenvalue weighted by molar-refractivity contribution is 6.33. The normalized spacial score (nSPS) is 29.1. The highest BCUT2D eigenvalue weighted by Crippen LogP contribution is 2.60. The molecule has 0 N–H and O–H groups in total. The summed E-state index contributed by atoms with van der Waals surface area (Å²) in [4.78, 5) is 2.32. The Balaban J connectivity index is 2.00. The fraction of sp³-hybridized carbons (Fsp3) is 0.429. The first-order valence-corrected chi connectivity index (χ1v) is 9.21. The van der Waals surface area contributed by atoms with E-state index >= 15 is 0 Å². The molecule has 0 radical (unpaired) electrons. The lowest BCUT2D eigenvalue weighted by Gasteiger charge is -2.46. The number of benzene rings is 2. The van der Waals surface area contributed by atoms with Gasteiger partial charge in [0.05, 0.1) is 16.2 Å². The minimum absolute atomic E-state index is 0.0513. The molecule has 2 aromatic carbocycles. The molecule has 2 aromatic rings. The molecule has 1 heterocycles. The Bertz CT molecular complexity index is 789. The van der Waals surface area contributed by atoms with E-state index in [1.54, 1.807) is 6.07 Å². The third-order valence-corrected chi connectivity index (χ3v) is 6.81. The smallest absolute Gasteiger partial charge is 0.143 e. The van der Waals surface area contributed by atoms with Gasteiger partial charge in [0.1, 0.15) is 5.82 Å². The summed E-state index contributed by atoms with van der Waals surface area (Å²) in [7, 11) is 0. The summed E-state index contributed by atoms with van der Waals surface area (Å²) in [6, 6.07) is 13.7. The molecule has 0 amide bonds. The van der Waals surface area contributed by atoms with E-state index in [2.05, 4.69) is 43.0 Å². The van der Waals surface area contributed by atoms with E-state index in [9.17, 15) is 4.39 Å². The van der Waals surface area contributed by atoms with Gasteiger partial charge in [-0.2, -0.15) is 0 Å². The predicted molar refractivity (Wildman–Crippen MR) is 98.8 cm³/mol. The van der Waals surface area contributed by atoms with Crippen LogP contribution in [0.2, 0.25) is 5.02 Å². The van der Waals surface area contributed by atoms with Gasteiger partial charge in [0.15, 0.2) is 0 Å². The number of nitrogens with zero attached hydrogens (tertiary/aromatic N) is 1. The van der Waals surface area contributed by atoms with Crippen molar-refractivity contribution in [1.82, 2.24) is 0 Å². The summed E-state index contributed by atoms with van der Waals surface area (Å²) in [5.41, 5.74) is 3.30. The van der Waals surface area contributed by atoms with Gasteiger partial charge in [-0.15, -0.1) is 0 Å². The van der Waals surface area contributed by atoms with Crippen LogP contribution >= 0.6 is 11.6 Å². The van der Waals surface area contributed by atoms with Gasteiger partial charge in [0.2, 0.25) is 0 Å². The predicted octanol–water partition coefficient (Wildman–Crippen LogP) is 6.61. The molecule has 4 rings (SSSR count). The Kier molecular flexibility index (Phi) is 3.65. The van der Waals surface area contributed by atoms with Crippen LogP contribution in [0, 0.1) is 5.82 Å². The average molecular weight is 344 g/mol. The van der Waals surface area contributed by atoms with Crippen LogP contribution in [-0.2, 0) is 5.41 Å². The molecule has 2 atom stereocenters. The van der Waals surface area contributed by atoms with E-state index in [4.69, 9.17) is 11.6 Å². The molecular weight excluding hydrogens is 321 g/mol. The fourth-order valence-corrected chi connectivity index (χ4v) is 5.13. The first-order chi connectivity index (χ1) is 11.5. The lowest BCUT2D eigenvalue weighted by molar-refractivity contribution is 0.261. The summed E-state index contributed by atoms with van der Waals surface area (Å²) in [6.07, 6.45) is 5.95. The van der Waals surface area contributed by atoms with Crippen molar-refractivity contribution < 1.29 is 4.39 Å². The molecule has 1 aliphatic carbocycles. The molecular formula is C21H23ClFN. The molecule has 2 aliphatic rings. The number of halogens is 2. The van der Waals surface area contributed by atoms with Crippen molar-refractivity contribution in [2.45, 2.75) is 56.9 Å². The Morgan fingerprint density at radius 2 is 1.62 bits per heavy atom. The summed E-state index contributed by atoms with van der Waals surface area (Å²) in [6.45, 7) is 4.71. The van der Waals surface area contributed by atoms with E-state index in [1.165, 1.54) is 36.6 Å². The summed E-state index contributed by atoms with van der Waals surface area (Å²) < 4.78 is 14.2. The minimum atomic E-state index is -0.350. The zero-order valence-corrected chi connectivity index (χ0v) is 15.0. The van der Waals surface area contributed by atoms with Gasteiger partial charge in [0, 0.05) is 11.1 Å². The van der Waals surface area contributed by atoms with Crippen LogP contribution in [0.25, 0.3) is 0 Å². The molecule has 1 nitrogen and oxygen atoms in total. The van der Waals surface area contributed by atoms with Gasteiger partial charge >= 0.3 is 0 Å². The number of fused-ring (bicyclic) bond motifs is 3. The molecule has 3 heteroatoms. The maximum absolute atomic E-state index is 14.2. The van der Waals surface area contributed by atoms with Crippen molar-refractivity contribution in [2.24, 2.45) is 0 Å². The van der Waals surface area contributed by atoms with Gasteiger partial charge in [0.25, 0.3) is 0 Å². The first kappa shape index (κ1) is 16.0. The average Bonchev–Trinajstić information content (AvgIpc) is 2.66. The molecule has 0 saturated heterocycles. The lowest BCUT2D eigenvalue weighted by atomic mass is 9.66. The Morgan fingerprint density at radius 3 is 2.46 bits per heavy atom. The monoisotopic (exact) mass is 343 g/mol. The third kappa shape index (κ3) is 1.99. The molecule has 126 valence electrons. The lowest BCUT2D eigenvalue weighted by Crippen LogP contribution is -2.52. The van der Waals surface area contributed by atoms with Crippen LogP contribution in [0.5, 0.6) is 0 Å². The number of para-hydroxylation sites is 1. The van der Waals surface area contributed by atoms with E-state index in [-0.39, 0.29) is 21.8 Å². The van der Waals surface area contributed by atoms with Crippen molar-refractivity contribution in [3.63, 3.8) is 0 Å². The van der Waals surface area contributed by atoms with E-state index in [0.29, 0.717) is 0 Å². The summed E-state index contributed by atoms with van der Waals surface area (Å²) >= 11 is 6.40.